The lowest BCUT2D eigenvalue weighted by Gasteiger charge is -2.24. The van der Waals surface area contributed by atoms with E-state index >= 15 is 0 Å². The maximum atomic E-state index is 2.47. The number of para-hydroxylation sites is 3. The molecule has 0 aliphatic heterocycles. The number of rotatable bonds is 7. The molecule has 2 nitrogen and oxygen atoms in total. The molecule has 0 saturated heterocycles. The second kappa shape index (κ2) is 17.4. The number of nitrogens with zero attached hydrogens (tertiary/aromatic N) is 2. The summed E-state index contributed by atoms with van der Waals surface area (Å²) in [4.78, 5) is 0. The van der Waals surface area contributed by atoms with Crippen molar-refractivity contribution in [3.05, 3.63) is 288 Å². The van der Waals surface area contributed by atoms with Gasteiger partial charge in [-0.3, -0.25) is 0 Å². The number of fused-ring (bicyclic) bond motifs is 13. The van der Waals surface area contributed by atoms with Gasteiger partial charge in [0.25, 0.3) is 0 Å². The van der Waals surface area contributed by atoms with Crippen molar-refractivity contribution in [1.29, 1.82) is 0 Å². The summed E-state index contributed by atoms with van der Waals surface area (Å²) in [5.74, 6) is 0. The van der Waals surface area contributed by atoms with Crippen molar-refractivity contribution in [1.82, 2.24) is 9.13 Å². The van der Waals surface area contributed by atoms with Crippen molar-refractivity contribution in [2.24, 2.45) is 0 Å². The standard InChI is InChI=1S/C78H56N2/c1-77(2)68-43-50(26-25-49-27-30-51(31-28-49)53-35-41-75-66(44-53)64-20-10-12-22-73(64)79(75)58-17-6-5-7-18-58)29-37-60(68)61-39-33-56(47-69(61)77)57-34-40-63-62-38-32-55(46-70(62)78(3,4)71(63)48-57)54-36-42-76-67(45-54)65-21-11-13-23-74(65)80(76)72-24-14-16-52-15-8-9-19-59(52)72/h5-48H,1-4H3/b26-25+. The molecule has 2 aliphatic rings. The molecule has 0 unspecified atom stereocenters. The van der Waals surface area contributed by atoms with Gasteiger partial charge < -0.3 is 9.13 Å². The highest BCUT2D eigenvalue weighted by Crippen LogP contribution is 2.53. The molecule has 12 aromatic carbocycles. The minimum Gasteiger partial charge on any atom is -0.309 e. The van der Waals surface area contributed by atoms with Crippen molar-refractivity contribution < 1.29 is 0 Å². The van der Waals surface area contributed by atoms with Crippen molar-refractivity contribution in [2.75, 3.05) is 0 Å². The summed E-state index contributed by atoms with van der Waals surface area (Å²) in [6.45, 7) is 9.60. The summed E-state index contributed by atoms with van der Waals surface area (Å²) in [7, 11) is 0. The van der Waals surface area contributed by atoms with Gasteiger partial charge in [-0.15, -0.1) is 0 Å². The fourth-order valence-electron chi connectivity index (χ4n) is 13.9. The Hall–Kier alpha value is -9.76. The van der Waals surface area contributed by atoms with Crippen molar-refractivity contribution in [2.45, 2.75) is 38.5 Å². The fourth-order valence-corrected chi connectivity index (χ4v) is 13.9. The van der Waals surface area contributed by atoms with Crippen LogP contribution in [0.3, 0.4) is 0 Å². The second-order valence-corrected chi connectivity index (χ2v) is 23.3. The molecular weight excluding hydrogens is 965 g/mol. The lowest BCUT2D eigenvalue weighted by Crippen LogP contribution is -2.15. The average molecular weight is 1020 g/mol. The van der Waals surface area contributed by atoms with Crippen LogP contribution in [-0.2, 0) is 10.8 Å². The molecule has 80 heavy (non-hydrogen) atoms. The van der Waals surface area contributed by atoms with Crippen LogP contribution in [0.1, 0.15) is 61.1 Å². The molecule has 0 saturated carbocycles. The van der Waals surface area contributed by atoms with E-state index in [0.29, 0.717) is 0 Å². The van der Waals surface area contributed by atoms with Crippen LogP contribution in [0.2, 0.25) is 0 Å². The summed E-state index contributed by atoms with van der Waals surface area (Å²) < 4.78 is 4.82. The van der Waals surface area contributed by atoms with Crippen LogP contribution in [-0.4, -0.2) is 9.13 Å². The maximum absolute atomic E-state index is 2.47. The van der Waals surface area contributed by atoms with Crippen LogP contribution in [0.4, 0.5) is 0 Å². The highest BCUT2D eigenvalue weighted by molar-refractivity contribution is 6.12. The molecule has 16 rings (SSSR count). The zero-order valence-corrected chi connectivity index (χ0v) is 45.3. The first-order valence-corrected chi connectivity index (χ1v) is 28.1. The summed E-state index contributed by atoms with van der Waals surface area (Å²) in [6, 6.07) is 95.0. The number of hydrogen-bond acceptors (Lipinski definition) is 0. The highest BCUT2D eigenvalue weighted by Gasteiger charge is 2.38. The Morgan fingerprint density at radius 1 is 0.275 bits per heavy atom. The lowest BCUT2D eigenvalue weighted by molar-refractivity contribution is 0.659. The first-order chi connectivity index (χ1) is 39.2. The molecule has 0 atom stereocenters. The van der Waals surface area contributed by atoms with E-state index in [1.807, 2.05) is 0 Å². The van der Waals surface area contributed by atoms with Crippen LogP contribution in [0.25, 0.3) is 134 Å². The molecule has 14 aromatic rings. The van der Waals surface area contributed by atoms with E-state index in [0.717, 1.165) is 0 Å². The van der Waals surface area contributed by atoms with Crippen molar-refractivity contribution >= 4 is 66.5 Å². The van der Waals surface area contributed by atoms with Crippen molar-refractivity contribution in [3.63, 3.8) is 0 Å². The van der Waals surface area contributed by atoms with Gasteiger partial charge in [0.05, 0.1) is 27.8 Å². The largest absolute Gasteiger partial charge is 0.309 e. The molecule has 2 aromatic heterocycles. The van der Waals surface area contributed by atoms with E-state index in [4.69, 9.17) is 0 Å². The molecule has 0 bridgehead atoms. The van der Waals surface area contributed by atoms with E-state index < -0.39 is 0 Å². The first-order valence-electron chi connectivity index (χ1n) is 28.1. The fraction of sp³-hybridized carbons (Fsp3) is 0.0769. The van der Waals surface area contributed by atoms with E-state index in [1.165, 1.54) is 155 Å². The first kappa shape index (κ1) is 46.3. The minimum absolute atomic E-state index is 0.156. The van der Waals surface area contributed by atoms with Gasteiger partial charge in [0, 0.05) is 43.4 Å². The Bertz CT molecular complexity index is 4920. The van der Waals surface area contributed by atoms with Gasteiger partial charge in [0.1, 0.15) is 0 Å². The van der Waals surface area contributed by atoms with Gasteiger partial charge in [-0.05, 0) is 167 Å². The Balaban J connectivity index is 0.659. The topological polar surface area (TPSA) is 9.86 Å². The Labute approximate surface area is 466 Å². The molecule has 2 aliphatic carbocycles. The molecule has 0 amide bonds. The van der Waals surface area contributed by atoms with Gasteiger partial charge in [0.2, 0.25) is 0 Å². The quantitative estimate of drug-likeness (QED) is 0.141. The van der Waals surface area contributed by atoms with E-state index in [9.17, 15) is 0 Å². The summed E-state index contributed by atoms with van der Waals surface area (Å²) in [5, 5.41) is 7.57. The third kappa shape index (κ3) is 6.98. The molecule has 0 spiro atoms. The SMILES string of the molecule is CC1(C)c2cc(/C=C/c3ccc(-c4ccc5c(c4)c4ccccc4n5-c4ccccc4)cc3)ccc2-c2ccc(-c3ccc4c(c3)C(C)(C)c3cc(-c5ccc6c(c5)c5ccccc5n6-c5cccc6ccccc56)ccc3-4)cc21. The molecule has 378 valence electrons. The van der Waals surface area contributed by atoms with E-state index in [2.05, 4.69) is 304 Å². The van der Waals surface area contributed by atoms with Crippen LogP contribution in [0, 0.1) is 0 Å². The van der Waals surface area contributed by atoms with Gasteiger partial charge in [-0.25, -0.2) is 0 Å². The predicted molar refractivity (Wildman–Crippen MR) is 339 cm³/mol. The zero-order valence-electron chi connectivity index (χ0n) is 45.3. The third-order valence-electron chi connectivity index (χ3n) is 18.1. The molecule has 0 radical (unpaired) electrons. The zero-order chi connectivity index (χ0) is 53.4. The Kier molecular flexibility index (Phi) is 10.1. The van der Waals surface area contributed by atoms with E-state index in [-0.39, 0.29) is 10.8 Å². The summed E-state index contributed by atoms with van der Waals surface area (Å²) in [6.07, 6.45) is 4.51. The van der Waals surface area contributed by atoms with E-state index in [1.54, 1.807) is 0 Å². The Morgan fingerprint density at radius 3 is 1.27 bits per heavy atom. The molecule has 0 N–H and O–H groups in total. The van der Waals surface area contributed by atoms with Crippen LogP contribution in [0.5, 0.6) is 0 Å². The van der Waals surface area contributed by atoms with Crippen LogP contribution in [0.15, 0.2) is 255 Å². The van der Waals surface area contributed by atoms with Crippen LogP contribution < -0.4 is 0 Å². The summed E-state index contributed by atoms with van der Waals surface area (Å²) in [5.41, 5.74) is 27.6. The molecular formula is C78H56N2. The predicted octanol–water partition coefficient (Wildman–Crippen LogP) is 20.8. The smallest absolute Gasteiger partial charge is 0.0541 e. The molecule has 2 heteroatoms. The minimum atomic E-state index is -0.176. The Morgan fingerprint density at radius 2 is 0.675 bits per heavy atom. The third-order valence-corrected chi connectivity index (χ3v) is 18.1. The van der Waals surface area contributed by atoms with Gasteiger partial charge in [-0.2, -0.15) is 0 Å². The van der Waals surface area contributed by atoms with Crippen molar-refractivity contribution in [3.8, 4) is 67.0 Å². The summed E-state index contributed by atoms with van der Waals surface area (Å²) >= 11 is 0. The van der Waals surface area contributed by atoms with Gasteiger partial charge in [-0.1, -0.05) is 222 Å². The number of benzene rings is 12. The molecule has 0 fully saturated rings. The van der Waals surface area contributed by atoms with Crippen LogP contribution >= 0.6 is 0 Å². The average Bonchev–Trinajstić information content (AvgIpc) is 4.25. The molecule has 2 heterocycles. The van der Waals surface area contributed by atoms with Gasteiger partial charge in [0.15, 0.2) is 0 Å². The van der Waals surface area contributed by atoms with Gasteiger partial charge >= 0.3 is 0 Å². The lowest BCUT2D eigenvalue weighted by atomic mass is 9.79. The monoisotopic (exact) mass is 1020 g/mol. The highest BCUT2D eigenvalue weighted by atomic mass is 15.0. The normalized spacial score (nSPS) is 13.9. The number of aromatic nitrogens is 2. The number of hydrogen-bond donors (Lipinski definition) is 0. The second-order valence-electron chi connectivity index (χ2n) is 23.3. The maximum Gasteiger partial charge on any atom is 0.0541 e.